The van der Waals surface area contributed by atoms with Gasteiger partial charge in [0, 0.05) is 18.6 Å². The number of fused-ring (bicyclic) bond motifs is 2. The Morgan fingerprint density at radius 1 is 1.30 bits per heavy atom. The fraction of sp³-hybridized carbons (Fsp3) is 0.263. The molecule has 0 saturated heterocycles. The molecule has 1 atom stereocenters. The highest BCUT2D eigenvalue weighted by Crippen LogP contribution is 2.32. The molecule has 1 aliphatic rings. The topological polar surface area (TPSA) is 65.4 Å². The summed E-state index contributed by atoms with van der Waals surface area (Å²) in [6.07, 6.45) is 0. The average Bonchev–Trinajstić information content (AvgIpc) is 3.23. The molecule has 0 fully saturated rings. The molecular formula is C19H18ClN3O3S. The number of hydrogen-bond acceptors (Lipinski definition) is 5. The molecule has 2 aromatic carbocycles. The van der Waals surface area contributed by atoms with E-state index in [1.165, 1.54) is 11.8 Å². The lowest BCUT2D eigenvalue weighted by Crippen LogP contribution is -2.30. The van der Waals surface area contributed by atoms with Gasteiger partial charge in [-0.2, -0.15) is 0 Å². The summed E-state index contributed by atoms with van der Waals surface area (Å²) in [5.74, 6) is 1.39. The van der Waals surface area contributed by atoms with Crippen molar-refractivity contribution in [2.45, 2.75) is 23.9 Å². The number of ether oxygens (including phenoxy) is 2. The van der Waals surface area contributed by atoms with Crippen molar-refractivity contribution in [3.63, 3.8) is 0 Å². The molecule has 1 aliphatic heterocycles. The number of rotatable bonds is 5. The standard InChI is InChI=1S/C19H18ClN3O3S/c1-11(27-19-22-14-8-13(20)4-5-15(14)23(19)2)18(24)21-9-12-3-6-16-17(7-12)26-10-25-16/h3-8,11H,9-10H2,1-2H3,(H,21,24). The number of aryl methyl sites for hydroxylation is 1. The second kappa shape index (κ2) is 7.32. The number of halogens is 1. The van der Waals surface area contributed by atoms with Crippen molar-refractivity contribution in [1.29, 1.82) is 0 Å². The van der Waals surface area contributed by atoms with E-state index in [0.717, 1.165) is 27.5 Å². The van der Waals surface area contributed by atoms with Gasteiger partial charge in [0.15, 0.2) is 16.7 Å². The van der Waals surface area contributed by atoms with Gasteiger partial charge in [0.2, 0.25) is 12.7 Å². The van der Waals surface area contributed by atoms with E-state index < -0.39 is 0 Å². The van der Waals surface area contributed by atoms with Crippen molar-refractivity contribution >= 4 is 40.3 Å². The number of nitrogens with one attached hydrogen (secondary N) is 1. The first-order chi connectivity index (χ1) is 13.0. The molecule has 27 heavy (non-hydrogen) atoms. The first-order valence-corrected chi connectivity index (χ1v) is 9.72. The molecule has 0 aliphatic carbocycles. The van der Waals surface area contributed by atoms with Crippen LogP contribution in [0.1, 0.15) is 12.5 Å². The fourth-order valence-corrected chi connectivity index (χ4v) is 3.93. The second-order valence-corrected chi connectivity index (χ2v) is 8.00. The molecule has 1 amide bonds. The van der Waals surface area contributed by atoms with E-state index in [0.29, 0.717) is 17.3 Å². The minimum Gasteiger partial charge on any atom is -0.454 e. The van der Waals surface area contributed by atoms with Crippen molar-refractivity contribution < 1.29 is 14.3 Å². The minimum atomic E-state index is -0.287. The molecule has 8 heteroatoms. The molecule has 0 radical (unpaired) electrons. The van der Waals surface area contributed by atoms with Crippen LogP contribution in [0, 0.1) is 0 Å². The van der Waals surface area contributed by atoms with Crippen LogP contribution in [0.4, 0.5) is 0 Å². The lowest BCUT2D eigenvalue weighted by atomic mass is 10.2. The van der Waals surface area contributed by atoms with Gasteiger partial charge in [0.25, 0.3) is 0 Å². The Bertz CT molecular complexity index is 1020. The number of benzene rings is 2. The van der Waals surface area contributed by atoms with E-state index in [1.807, 2.05) is 54.9 Å². The lowest BCUT2D eigenvalue weighted by molar-refractivity contribution is -0.120. The van der Waals surface area contributed by atoms with Gasteiger partial charge in [0.1, 0.15) is 0 Å². The lowest BCUT2D eigenvalue weighted by Gasteiger charge is -2.12. The van der Waals surface area contributed by atoms with Crippen LogP contribution in [0.3, 0.4) is 0 Å². The van der Waals surface area contributed by atoms with Gasteiger partial charge in [-0.1, -0.05) is 29.4 Å². The van der Waals surface area contributed by atoms with Crippen LogP contribution in [-0.4, -0.2) is 27.5 Å². The van der Waals surface area contributed by atoms with Crippen molar-refractivity contribution in [2.75, 3.05) is 6.79 Å². The van der Waals surface area contributed by atoms with Crippen LogP contribution in [0.25, 0.3) is 11.0 Å². The summed E-state index contributed by atoms with van der Waals surface area (Å²) in [7, 11) is 1.93. The third-order valence-electron chi connectivity index (χ3n) is 4.36. The predicted molar refractivity (Wildman–Crippen MR) is 105 cm³/mol. The van der Waals surface area contributed by atoms with Crippen molar-refractivity contribution in [2.24, 2.45) is 7.05 Å². The molecule has 0 saturated carbocycles. The van der Waals surface area contributed by atoms with E-state index in [-0.39, 0.29) is 18.0 Å². The molecule has 4 rings (SSSR count). The number of thioether (sulfide) groups is 1. The summed E-state index contributed by atoms with van der Waals surface area (Å²) in [6, 6.07) is 11.2. The Balaban J connectivity index is 1.40. The van der Waals surface area contributed by atoms with Crippen LogP contribution < -0.4 is 14.8 Å². The summed E-state index contributed by atoms with van der Waals surface area (Å²) in [5, 5.41) is 4.09. The molecule has 1 N–H and O–H groups in total. The molecule has 3 aromatic rings. The first kappa shape index (κ1) is 18.0. The molecule has 1 unspecified atom stereocenters. The summed E-state index contributed by atoms with van der Waals surface area (Å²) >= 11 is 7.45. The number of carbonyl (C=O) groups is 1. The van der Waals surface area contributed by atoms with Crippen LogP contribution >= 0.6 is 23.4 Å². The number of carbonyl (C=O) groups excluding carboxylic acids is 1. The van der Waals surface area contributed by atoms with E-state index in [2.05, 4.69) is 10.3 Å². The van der Waals surface area contributed by atoms with E-state index in [4.69, 9.17) is 21.1 Å². The molecule has 0 spiro atoms. The fourth-order valence-electron chi connectivity index (χ4n) is 2.85. The molecule has 6 nitrogen and oxygen atoms in total. The van der Waals surface area contributed by atoms with E-state index in [9.17, 15) is 4.79 Å². The number of hydrogen-bond donors (Lipinski definition) is 1. The number of amides is 1. The normalized spacial score (nSPS) is 13.7. The maximum Gasteiger partial charge on any atom is 0.233 e. The third-order valence-corrected chi connectivity index (χ3v) is 5.74. The Hall–Kier alpha value is -2.38. The van der Waals surface area contributed by atoms with Crippen LogP contribution in [0.5, 0.6) is 11.5 Å². The van der Waals surface area contributed by atoms with Gasteiger partial charge >= 0.3 is 0 Å². The molecular weight excluding hydrogens is 386 g/mol. The zero-order valence-corrected chi connectivity index (χ0v) is 16.4. The zero-order chi connectivity index (χ0) is 19.0. The van der Waals surface area contributed by atoms with Gasteiger partial charge in [-0.3, -0.25) is 4.79 Å². The average molecular weight is 404 g/mol. The van der Waals surface area contributed by atoms with Crippen molar-refractivity contribution in [1.82, 2.24) is 14.9 Å². The summed E-state index contributed by atoms with van der Waals surface area (Å²) in [6.45, 7) is 2.53. The van der Waals surface area contributed by atoms with Gasteiger partial charge < -0.3 is 19.4 Å². The predicted octanol–water partition coefficient (Wildman–Crippen LogP) is 3.75. The van der Waals surface area contributed by atoms with Crippen LogP contribution in [0.15, 0.2) is 41.6 Å². The third kappa shape index (κ3) is 3.70. The van der Waals surface area contributed by atoms with Crippen LogP contribution in [0.2, 0.25) is 5.02 Å². The maximum atomic E-state index is 12.5. The van der Waals surface area contributed by atoms with E-state index in [1.54, 1.807) is 0 Å². The Morgan fingerprint density at radius 3 is 2.96 bits per heavy atom. The number of imidazole rings is 1. The highest BCUT2D eigenvalue weighted by molar-refractivity contribution is 8.00. The van der Waals surface area contributed by atoms with Crippen molar-refractivity contribution in [3.05, 3.63) is 47.0 Å². The number of aromatic nitrogens is 2. The number of nitrogens with zero attached hydrogens (tertiary/aromatic N) is 2. The highest BCUT2D eigenvalue weighted by atomic mass is 35.5. The van der Waals surface area contributed by atoms with Gasteiger partial charge in [-0.25, -0.2) is 4.98 Å². The Morgan fingerprint density at radius 2 is 2.11 bits per heavy atom. The Kier molecular flexibility index (Phi) is 4.88. The second-order valence-electron chi connectivity index (χ2n) is 6.25. The Labute approximate surface area is 165 Å². The van der Waals surface area contributed by atoms with Crippen molar-refractivity contribution in [3.8, 4) is 11.5 Å². The van der Waals surface area contributed by atoms with Gasteiger partial charge in [0.05, 0.1) is 16.3 Å². The quantitative estimate of drug-likeness (QED) is 0.657. The largest absolute Gasteiger partial charge is 0.454 e. The smallest absolute Gasteiger partial charge is 0.233 e. The summed E-state index contributed by atoms with van der Waals surface area (Å²) in [5.41, 5.74) is 2.76. The maximum absolute atomic E-state index is 12.5. The highest BCUT2D eigenvalue weighted by Gasteiger charge is 2.19. The molecule has 2 heterocycles. The first-order valence-electron chi connectivity index (χ1n) is 8.46. The van der Waals surface area contributed by atoms with Gasteiger partial charge in [-0.05, 0) is 42.8 Å². The minimum absolute atomic E-state index is 0.0530. The molecule has 0 bridgehead atoms. The summed E-state index contributed by atoms with van der Waals surface area (Å²) in [4.78, 5) is 17.1. The monoisotopic (exact) mass is 403 g/mol. The van der Waals surface area contributed by atoms with Gasteiger partial charge in [-0.15, -0.1) is 0 Å². The summed E-state index contributed by atoms with van der Waals surface area (Å²) < 4.78 is 12.6. The van der Waals surface area contributed by atoms with Crippen LogP contribution in [-0.2, 0) is 18.4 Å². The zero-order valence-electron chi connectivity index (χ0n) is 14.9. The molecule has 1 aromatic heterocycles. The SMILES string of the molecule is CC(Sc1nc2cc(Cl)ccc2n1C)C(=O)NCc1ccc2c(c1)OCO2. The molecule has 140 valence electrons. The van der Waals surface area contributed by atoms with E-state index >= 15 is 0 Å².